The smallest absolute Gasteiger partial charge is 0.225 e. The fraction of sp³-hybridized carbons (Fsp3) is 0.529. The summed E-state index contributed by atoms with van der Waals surface area (Å²) in [6.07, 6.45) is 0.885. The lowest BCUT2D eigenvalue weighted by Crippen LogP contribution is -2.43. The number of hydrogen-bond acceptors (Lipinski definition) is 2. The first-order valence-corrected chi connectivity index (χ1v) is 8.47. The second-order valence-corrected chi connectivity index (χ2v) is 7.62. The number of amides is 2. The molecule has 1 aromatic carbocycles. The van der Waals surface area contributed by atoms with Gasteiger partial charge in [0.2, 0.25) is 11.8 Å². The van der Waals surface area contributed by atoms with E-state index in [1.807, 2.05) is 32.9 Å². The van der Waals surface area contributed by atoms with Crippen LogP contribution in [0.3, 0.4) is 0 Å². The predicted molar refractivity (Wildman–Crippen MR) is 92.7 cm³/mol. The molecule has 6 heteroatoms. The monoisotopic (exact) mass is 356 g/mol. The first-order valence-electron chi connectivity index (χ1n) is 7.71. The molecule has 1 aromatic rings. The van der Waals surface area contributed by atoms with Crippen LogP contribution in [0.2, 0.25) is 10.0 Å². The van der Waals surface area contributed by atoms with Crippen LogP contribution >= 0.6 is 23.2 Å². The highest BCUT2D eigenvalue weighted by Gasteiger charge is 2.39. The Morgan fingerprint density at radius 2 is 2.04 bits per heavy atom. The van der Waals surface area contributed by atoms with Gasteiger partial charge in [0, 0.05) is 25.0 Å². The van der Waals surface area contributed by atoms with Gasteiger partial charge >= 0.3 is 0 Å². The number of hydrogen-bond donors (Lipinski definition) is 1. The minimum Gasteiger partial charge on any atom is -0.355 e. The molecule has 23 heavy (non-hydrogen) atoms. The lowest BCUT2D eigenvalue weighted by atomic mass is 10.1. The van der Waals surface area contributed by atoms with Crippen molar-refractivity contribution in [3.63, 3.8) is 0 Å². The van der Waals surface area contributed by atoms with Crippen LogP contribution in [0.25, 0.3) is 0 Å². The first kappa shape index (κ1) is 18.1. The van der Waals surface area contributed by atoms with E-state index in [1.54, 1.807) is 11.0 Å². The average Bonchev–Trinajstić information content (AvgIpc) is 2.85. The molecule has 1 saturated heterocycles. The van der Waals surface area contributed by atoms with Crippen LogP contribution < -0.4 is 5.32 Å². The summed E-state index contributed by atoms with van der Waals surface area (Å²) in [7, 11) is 0. The third-order valence-corrected chi connectivity index (χ3v) is 4.89. The van der Waals surface area contributed by atoms with Crippen molar-refractivity contribution < 1.29 is 9.59 Å². The lowest BCUT2D eigenvalue weighted by molar-refractivity contribution is -0.132. The Kier molecular flexibility index (Phi) is 5.58. The molecule has 0 aromatic heterocycles. The van der Waals surface area contributed by atoms with Crippen molar-refractivity contribution in [3.8, 4) is 0 Å². The molecule has 1 unspecified atom stereocenters. The maximum absolute atomic E-state index is 12.3. The van der Waals surface area contributed by atoms with Gasteiger partial charge in [-0.25, -0.2) is 0 Å². The molecule has 2 amide bonds. The fourth-order valence-corrected chi connectivity index (χ4v) is 3.15. The third kappa shape index (κ3) is 4.39. The topological polar surface area (TPSA) is 49.4 Å². The highest BCUT2D eigenvalue weighted by atomic mass is 35.5. The second kappa shape index (κ2) is 7.10. The van der Waals surface area contributed by atoms with Gasteiger partial charge in [0.05, 0.1) is 16.0 Å². The van der Waals surface area contributed by atoms with Crippen LogP contribution in [-0.4, -0.2) is 35.3 Å². The van der Waals surface area contributed by atoms with Gasteiger partial charge in [-0.1, -0.05) is 35.3 Å². The Morgan fingerprint density at radius 3 is 2.65 bits per heavy atom. The standard InChI is InChI=1S/C17H22Cl2N2O2/c1-17(2,3)21-10-12(9-14(21)22)16(23)20-8-7-11-5-4-6-13(18)15(11)19/h4-6,12H,7-10H2,1-3H3,(H,20,23). The number of nitrogens with one attached hydrogen (secondary N) is 1. The van der Waals surface area contributed by atoms with Crippen molar-refractivity contribution in [2.75, 3.05) is 13.1 Å². The van der Waals surface area contributed by atoms with Crippen LogP contribution in [0.4, 0.5) is 0 Å². The Hall–Kier alpha value is -1.26. The maximum Gasteiger partial charge on any atom is 0.225 e. The number of carbonyl (C=O) groups is 2. The minimum atomic E-state index is -0.281. The van der Waals surface area contributed by atoms with Gasteiger partial charge in [0.25, 0.3) is 0 Å². The molecule has 2 rings (SSSR count). The van der Waals surface area contributed by atoms with E-state index in [9.17, 15) is 9.59 Å². The maximum atomic E-state index is 12.3. The van der Waals surface area contributed by atoms with E-state index in [1.165, 1.54) is 0 Å². The van der Waals surface area contributed by atoms with Gasteiger partial charge < -0.3 is 10.2 Å². The first-order chi connectivity index (χ1) is 10.7. The summed E-state index contributed by atoms with van der Waals surface area (Å²) in [5, 5.41) is 3.93. The van der Waals surface area contributed by atoms with Gasteiger partial charge in [-0.15, -0.1) is 0 Å². The Morgan fingerprint density at radius 1 is 1.35 bits per heavy atom. The number of nitrogens with zero attached hydrogens (tertiary/aromatic N) is 1. The largest absolute Gasteiger partial charge is 0.355 e. The third-order valence-electron chi connectivity index (χ3n) is 4.03. The highest BCUT2D eigenvalue weighted by Crippen LogP contribution is 2.27. The second-order valence-electron chi connectivity index (χ2n) is 6.83. The molecule has 0 radical (unpaired) electrons. The number of benzene rings is 1. The molecule has 0 saturated carbocycles. The van der Waals surface area contributed by atoms with E-state index in [4.69, 9.17) is 23.2 Å². The molecule has 1 atom stereocenters. The van der Waals surface area contributed by atoms with Crippen LogP contribution in [0.15, 0.2) is 18.2 Å². The van der Waals surface area contributed by atoms with Gasteiger partial charge in [0.1, 0.15) is 0 Å². The number of carbonyl (C=O) groups excluding carboxylic acids is 2. The average molecular weight is 357 g/mol. The van der Waals surface area contributed by atoms with E-state index < -0.39 is 0 Å². The molecule has 0 bridgehead atoms. The molecule has 0 aliphatic carbocycles. The molecule has 1 fully saturated rings. The summed E-state index contributed by atoms with van der Waals surface area (Å²) < 4.78 is 0. The molecule has 1 N–H and O–H groups in total. The van der Waals surface area contributed by atoms with Crippen LogP contribution in [0.5, 0.6) is 0 Å². The van der Waals surface area contributed by atoms with E-state index >= 15 is 0 Å². The molecule has 1 aliphatic heterocycles. The van der Waals surface area contributed by atoms with E-state index in [2.05, 4.69) is 5.32 Å². The molecule has 126 valence electrons. The van der Waals surface area contributed by atoms with Gasteiger partial charge in [-0.05, 0) is 38.8 Å². The summed E-state index contributed by atoms with van der Waals surface area (Å²) in [4.78, 5) is 26.1. The summed E-state index contributed by atoms with van der Waals surface area (Å²) in [6.45, 7) is 6.89. The zero-order valence-corrected chi connectivity index (χ0v) is 15.2. The van der Waals surface area contributed by atoms with Crippen molar-refractivity contribution in [1.29, 1.82) is 0 Å². The van der Waals surface area contributed by atoms with Crippen LogP contribution in [0, 0.1) is 5.92 Å². The minimum absolute atomic E-state index is 0.0375. The van der Waals surface area contributed by atoms with E-state index in [0.717, 1.165) is 5.56 Å². The highest BCUT2D eigenvalue weighted by molar-refractivity contribution is 6.42. The van der Waals surface area contributed by atoms with Crippen molar-refractivity contribution in [3.05, 3.63) is 33.8 Å². The zero-order valence-electron chi connectivity index (χ0n) is 13.7. The van der Waals surface area contributed by atoms with Crippen molar-refractivity contribution >= 4 is 35.0 Å². The predicted octanol–water partition coefficient (Wildman–Crippen LogP) is 3.30. The normalized spacial score (nSPS) is 18.4. The zero-order chi connectivity index (χ0) is 17.2. The summed E-state index contributed by atoms with van der Waals surface area (Å²) >= 11 is 12.1. The quantitative estimate of drug-likeness (QED) is 0.899. The van der Waals surface area contributed by atoms with Gasteiger partial charge in [0.15, 0.2) is 0 Å². The number of likely N-dealkylation sites (tertiary alicyclic amines) is 1. The molecule has 1 aliphatic rings. The molecule has 4 nitrogen and oxygen atoms in total. The van der Waals surface area contributed by atoms with Crippen molar-refractivity contribution in [2.24, 2.45) is 5.92 Å². The molecule has 0 spiro atoms. The van der Waals surface area contributed by atoms with Gasteiger partial charge in [-0.3, -0.25) is 9.59 Å². The van der Waals surface area contributed by atoms with Crippen molar-refractivity contribution in [2.45, 2.75) is 39.2 Å². The Labute approximate surface area is 147 Å². The number of rotatable bonds is 4. The Balaban J connectivity index is 1.86. The van der Waals surface area contributed by atoms with E-state index in [0.29, 0.717) is 29.6 Å². The fourth-order valence-electron chi connectivity index (χ4n) is 2.74. The van der Waals surface area contributed by atoms with Gasteiger partial charge in [-0.2, -0.15) is 0 Å². The molecular weight excluding hydrogens is 335 g/mol. The number of halogens is 2. The van der Waals surface area contributed by atoms with Crippen molar-refractivity contribution in [1.82, 2.24) is 10.2 Å². The van der Waals surface area contributed by atoms with Crippen LogP contribution in [-0.2, 0) is 16.0 Å². The van der Waals surface area contributed by atoms with Crippen LogP contribution in [0.1, 0.15) is 32.8 Å². The molecular formula is C17H22Cl2N2O2. The molecule has 1 heterocycles. The summed E-state index contributed by atoms with van der Waals surface area (Å²) in [5.74, 6) is -0.324. The summed E-state index contributed by atoms with van der Waals surface area (Å²) in [5.41, 5.74) is 0.652. The lowest BCUT2D eigenvalue weighted by Gasteiger charge is -2.31. The Bertz CT molecular complexity index is 611. The van der Waals surface area contributed by atoms with E-state index in [-0.39, 0.29) is 29.7 Å². The SMILES string of the molecule is CC(C)(C)N1CC(C(=O)NCCc2cccc(Cl)c2Cl)CC1=O. The summed E-state index contributed by atoms with van der Waals surface area (Å²) in [6, 6.07) is 5.46.